The van der Waals surface area contributed by atoms with Crippen LogP contribution >= 0.6 is 34.2 Å². The fourth-order valence-electron chi connectivity index (χ4n) is 2.77. The average molecular weight is 580 g/mol. The number of carbonyl (C=O) groups excluding carboxylic acids is 1. The van der Waals surface area contributed by atoms with Crippen LogP contribution in [0.5, 0.6) is 11.5 Å². The Labute approximate surface area is 208 Å². The van der Waals surface area contributed by atoms with Crippen molar-refractivity contribution in [3.63, 3.8) is 0 Å². The van der Waals surface area contributed by atoms with E-state index >= 15 is 0 Å². The summed E-state index contributed by atoms with van der Waals surface area (Å²) in [5.74, 6) is 0.685. The molecule has 0 unspecified atom stereocenters. The van der Waals surface area contributed by atoms with E-state index in [0.717, 1.165) is 9.13 Å². The highest BCUT2D eigenvalue weighted by Crippen LogP contribution is 2.34. The first-order valence-corrected chi connectivity index (χ1v) is 11.2. The Kier molecular flexibility index (Phi) is 8.61. The molecule has 3 aromatic rings. The third-order valence-corrected chi connectivity index (χ3v) is 5.40. The van der Waals surface area contributed by atoms with Gasteiger partial charge in [-0.05, 0) is 77.0 Å². The van der Waals surface area contributed by atoms with Gasteiger partial charge in [-0.3, -0.25) is 14.9 Å². The van der Waals surface area contributed by atoms with Gasteiger partial charge in [0, 0.05) is 22.7 Å². The molecule has 33 heavy (non-hydrogen) atoms. The van der Waals surface area contributed by atoms with Gasteiger partial charge >= 0.3 is 0 Å². The number of hydrogen-bond acceptors (Lipinski definition) is 6. The van der Waals surface area contributed by atoms with Crippen molar-refractivity contribution in [3.8, 4) is 11.5 Å². The highest BCUT2D eigenvalue weighted by molar-refractivity contribution is 14.1. The number of rotatable bonds is 9. The Balaban J connectivity index is 1.69. The number of nitrogens with zero attached hydrogens (tertiary/aromatic N) is 2. The standard InChI is InChI=1S/C23H19ClIN3O5/c1-2-32-21-12-16(11-20(25)22(21)33-14-15-3-7-18(24)8-4-15)13-26-27-23(29)17-5-9-19(10-6-17)28(30)31/h3-13H,2,14H2,1H3,(H,27,29)/b26-13+. The van der Waals surface area contributed by atoms with Gasteiger partial charge < -0.3 is 9.47 Å². The van der Waals surface area contributed by atoms with Crippen LogP contribution in [-0.2, 0) is 6.61 Å². The summed E-state index contributed by atoms with van der Waals surface area (Å²) in [4.78, 5) is 22.4. The van der Waals surface area contributed by atoms with Crippen molar-refractivity contribution >= 4 is 52.0 Å². The number of nitro benzene ring substituents is 1. The lowest BCUT2D eigenvalue weighted by Crippen LogP contribution is -2.17. The van der Waals surface area contributed by atoms with Crippen LogP contribution < -0.4 is 14.9 Å². The topological polar surface area (TPSA) is 103 Å². The van der Waals surface area contributed by atoms with Crippen LogP contribution in [0.2, 0.25) is 5.02 Å². The van der Waals surface area contributed by atoms with Crippen molar-refractivity contribution in [2.75, 3.05) is 6.61 Å². The first kappa shape index (κ1) is 24.5. The minimum absolute atomic E-state index is 0.0912. The van der Waals surface area contributed by atoms with Crippen LogP contribution in [0.3, 0.4) is 0 Å². The monoisotopic (exact) mass is 579 g/mol. The Morgan fingerprint density at radius 1 is 1.15 bits per heavy atom. The van der Waals surface area contributed by atoms with Gasteiger partial charge in [-0.15, -0.1) is 0 Å². The van der Waals surface area contributed by atoms with E-state index in [1.165, 1.54) is 30.5 Å². The van der Waals surface area contributed by atoms with E-state index < -0.39 is 10.8 Å². The molecule has 0 fully saturated rings. The number of carbonyl (C=O) groups is 1. The molecule has 10 heteroatoms. The summed E-state index contributed by atoms with van der Waals surface area (Å²) in [5.41, 5.74) is 4.24. The molecule has 0 saturated heterocycles. The summed E-state index contributed by atoms with van der Waals surface area (Å²) in [6.07, 6.45) is 1.48. The molecule has 3 aromatic carbocycles. The zero-order valence-corrected chi connectivity index (χ0v) is 20.4. The van der Waals surface area contributed by atoms with Gasteiger partial charge in [0.05, 0.1) is 21.3 Å². The van der Waals surface area contributed by atoms with Crippen LogP contribution in [0.15, 0.2) is 65.8 Å². The summed E-state index contributed by atoms with van der Waals surface area (Å²) in [6, 6.07) is 16.3. The van der Waals surface area contributed by atoms with Gasteiger partial charge in [-0.25, -0.2) is 5.43 Å². The molecule has 170 valence electrons. The lowest BCUT2D eigenvalue weighted by Gasteiger charge is -2.15. The Bertz CT molecular complexity index is 1170. The minimum atomic E-state index is -0.528. The Morgan fingerprint density at radius 2 is 1.85 bits per heavy atom. The largest absolute Gasteiger partial charge is 0.490 e. The summed E-state index contributed by atoms with van der Waals surface area (Å²) >= 11 is 8.08. The maximum absolute atomic E-state index is 12.2. The van der Waals surface area contributed by atoms with Crippen molar-refractivity contribution in [2.24, 2.45) is 5.10 Å². The van der Waals surface area contributed by atoms with Gasteiger partial charge in [0.1, 0.15) is 6.61 Å². The molecule has 0 saturated carbocycles. The van der Waals surface area contributed by atoms with Crippen molar-refractivity contribution < 1.29 is 19.2 Å². The number of halogens is 2. The van der Waals surface area contributed by atoms with Crippen LogP contribution in [0.4, 0.5) is 5.69 Å². The molecule has 8 nitrogen and oxygen atoms in total. The number of non-ortho nitro benzene ring substituents is 1. The zero-order chi connectivity index (χ0) is 23.8. The fourth-order valence-corrected chi connectivity index (χ4v) is 3.67. The summed E-state index contributed by atoms with van der Waals surface area (Å²) in [6.45, 7) is 2.68. The molecule has 0 aliphatic rings. The predicted molar refractivity (Wildman–Crippen MR) is 134 cm³/mol. The van der Waals surface area contributed by atoms with Crippen molar-refractivity contribution in [3.05, 3.63) is 96.1 Å². The zero-order valence-electron chi connectivity index (χ0n) is 17.5. The first-order chi connectivity index (χ1) is 15.9. The van der Waals surface area contributed by atoms with Gasteiger partial charge in [-0.2, -0.15) is 5.10 Å². The molecule has 0 radical (unpaired) electrons. The lowest BCUT2D eigenvalue weighted by atomic mass is 10.2. The van der Waals surface area contributed by atoms with Gasteiger partial charge in [0.15, 0.2) is 11.5 Å². The van der Waals surface area contributed by atoms with Crippen molar-refractivity contribution in [1.29, 1.82) is 0 Å². The van der Waals surface area contributed by atoms with E-state index in [-0.39, 0.29) is 11.3 Å². The molecule has 0 atom stereocenters. The van der Waals surface area contributed by atoms with Crippen LogP contribution in [0.25, 0.3) is 0 Å². The van der Waals surface area contributed by atoms with E-state index in [1.54, 1.807) is 18.2 Å². The molecular weight excluding hydrogens is 561 g/mol. The summed E-state index contributed by atoms with van der Waals surface area (Å²) < 4.78 is 12.5. The molecule has 0 heterocycles. The predicted octanol–water partition coefficient (Wildman–Crippen LogP) is 5.59. The van der Waals surface area contributed by atoms with E-state index in [4.69, 9.17) is 21.1 Å². The number of nitrogens with one attached hydrogen (secondary N) is 1. The second kappa shape index (κ2) is 11.6. The van der Waals surface area contributed by atoms with Gasteiger partial charge in [0.2, 0.25) is 0 Å². The minimum Gasteiger partial charge on any atom is -0.490 e. The maximum atomic E-state index is 12.2. The van der Waals surface area contributed by atoms with Crippen molar-refractivity contribution in [2.45, 2.75) is 13.5 Å². The molecule has 0 aromatic heterocycles. The van der Waals surface area contributed by atoms with E-state index in [2.05, 4.69) is 33.1 Å². The van der Waals surface area contributed by atoms with Crippen LogP contribution in [0, 0.1) is 13.7 Å². The molecule has 0 bridgehead atoms. The third kappa shape index (κ3) is 6.90. The Hall–Kier alpha value is -3.18. The fraction of sp³-hybridized carbons (Fsp3) is 0.130. The second-order valence-electron chi connectivity index (χ2n) is 6.68. The van der Waals surface area contributed by atoms with Crippen molar-refractivity contribution in [1.82, 2.24) is 5.43 Å². The first-order valence-electron chi connectivity index (χ1n) is 9.79. The van der Waals surface area contributed by atoms with Crippen LogP contribution in [-0.4, -0.2) is 23.7 Å². The molecule has 0 aliphatic carbocycles. The molecule has 0 spiro atoms. The lowest BCUT2D eigenvalue weighted by molar-refractivity contribution is -0.384. The van der Waals surface area contributed by atoms with E-state index in [0.29, 0.717) is 35.3 Å². The Morgan fingerprint density at radius 3 is 2.48 bits per heavy atom. The van der Waals surface area contributed by atoms with Gasteiger partial charge in [0.25, 0.3) is 11.6 Å². The smallest absolute Gasteiger partial charge is 0.271 e. The molecule has 3 rings (SSSR count). The van der Waals surface area contributed by atoms with E-state index in [9.17, 15) is 14.9 Å². The number of benzene rings is 3. The molecular formula is C23H19ClIN3O5. The molecule has 0 aliphatic heterocycles. The quantitative estimate of drug-likeness (QED) is 0.154. The normalized spacial score (nSPS) is 10.8. The highest BCUT2D eigenvalue weighted by atomic mass is 127. The SMILES string of the molecule is CCOc1cc(/C=N/NC(=O)c2ccc([N+](=O)[O-])cc2)cc(I)c1OCc1ccc(Cl)cc1. The van der Waals surface area contributed by atoms with Gasteiger partial charge in [-0.1, -0.05) is 23.7 Å². The molecule has 1 N–H and O–H groups in total. The number of hydrogen-bond donors (Lipinski definition) is 1. The maximum Gasteiger partial charge on any atom is 0.271 e. The van der Waals surface area contributed by atoms with E-state index in [1.807, 2.05) is 25.1 Å². The average Bonchev–Trinajstić information content (AvgIpc) is 2.80. The number of amides is 1. The number of ether oxygens (including phenoxy) is 2. The third-order valence-electron chi connectivity index (χ3n) is 4.35. The second-order valence-corrected chi connectivity index (χ2v) is 8.28. The summed E-state index contributed by atoms with van der Waals surface area (Å²) in [5, 5.41) is 15.4. The highest BCUT2D eigenvalue weighted by Gasteiger charge is 2.13. The number of nitro groups is 1. The van der Waals surface area contributed by atoms with Crippen LogP contribution in [0.1, 0.15) is 28.4 Å². The summed E-state index contributed by atoms with van der Waals surface area (Å²) in [7, 11) is 0. The molecule has 1 amide bonds. The number of hydrazone groups is 1.